The largest absolute Gasteiger partial charge is 0.479 e. The molecule has 1 aliphatic rings. The van der Waals surface area contributed by atoms with Crippen molar-refractivity contribution in [1.82, 2.24) is 0 Å². The summed E-state index contributed by atoms with van der Waals surface area (Å²) in [7, 11) is 0. The normalized spacial score (nSPS) is 15.3. The smallest absolute Gasteiger partial charge is 0.347 e. The van der Waals surface area contributed by atoms with Gasteiger partial charge in [0.2, 0.25) is 5.78 Å². The van der Waals surface area contributed by atoms with Crippen molar-refractivity contribution in [2.75, 3.05) is 6.61 Å². The standard InChI is InChI=1S/C22H22O5/c1-5-25-22(24)15(4)26-18-11-10-17-20(23)19(27-21(17)14(18)3)12-16-9-7-6-8-13(16)2/h6-12,15H,5H2,1-4H3/b19-12-. The molecule has 3 rings (SSSR count). The van der Waals surface area contributed by atoms with Gasteiger partial charge in [-0.2, -0.15) is 0 Å². The van der Waals surface area contributed by atoms with Gasteiger partial charge in [0.25, 0.3) is 0 Å². The summed E-state index contributed by atoms with van der Waals surface area (Å²) in [6.45, 7) is 7.44. The summed E-state index contributed by atoms with van der Waals surface area (Å²) in [6, 6.07) is 11.1. The Labute approximate surface area is 158 Å². The minimum Gasteiger partial charge on any atom is -0.479 e. The first-order valence-electron chi connectivity index (χ1n) is 8.89. The SMILES string of the molecule is CCOC(=O)C(C)Oc1ccc2c(c1C)O/C(=C\c1ccccc1C)C2=O. The topological polar surface area (TPSA) is 61.8 Å². The monoisotopic (exact) mass is 366 g/mol. The Hall–Kier alpha value is -3.08. The molecule has 5 heteroatoms. The number of esters is 1. The molecule has 1 aliphatic heterocycles. The van der Waals surface area contributed by atoms with E-state index in [4.69, 9.17) is 14.2 Å². The second-order valence-electron chi connectivity index (χ2n) is 6.37. The molecule has 140 valence electrons. The van der Waals surface area contributed by atoms with Crippen LogP contribution in [0.25, 0.3) is 6.08 Å². The van der Waals surface area contributed by atoms with Crippen molar-refractivity contribution in [3.63, 3.8) is 0 Å². The molecule has 0 amide bonds. The van der Waals surface area contributed by atoms with Gasteiger partial charge in [0.15, 0.2) is 11.9 Å². The van der Waals surface area contributed by atoms with E-state index in [1.807, 2.05) is 31.2 Å². The van der Waals surface area contributed by atoms with Crippen LogP contribution in [0.1, 0.15) is 40.9 Å². The molecule has 0 spiro atoms. The predicted octanol–water partition coefficient (Wildman–Crippen LogP) is 4.25. The summed E-state index contributed by atoms with van der Waals surface area (Å²) >= 11 is 0. The second-order valence-corrected chi connectivity index (χ2v) is 6.37. The van der Waals surface area contributed by atoms with Crippen LogP contribution < -0.4 is 9.47 Å². The maximum absolute atomic E-state index is 12.7. The Morgan fingerprint density at radius 2 is 1.93 bits per heavy atom. The fraction of sp³-hybridized carbons (Fsp3) is 0.273. The first kappa shape index (κ1) is 18.7. The summed E-state index contributed by atoms with van der Waals surface area (Å²) in [5, 5.41) is 0. The summed E-state index contributed by atoms with van der Waals surface area (Å²) < 4.78 is 16.5. The zero-order chi connectivity index (χ0) is 19.6. The van der Waals surface area contributed by atoms with E-state index in [0.29, 0.717) is 29.2 Å². The number of aryl methyl sites for hydroxylation is 1. The van der Waals surface area contributed by atoms with E-state index in [2.05, 4.69) is 0 Å². The van der Waals surface area contributed by atoms with E-state index >= 15 is 0 Å². The molecule has 0 radical (unpaired) electrons. The minimum atomic E-state index is -0.749. The fourth-order valence-electron chi connectivity index (χ4n) is 2.88. The third-order valence-electron chi connectivity index (χ3n) is 4.43. The molecule has 2 aromatic rings. The van der Waals surface area contributed by atoms with Crippen LogP contribution in [0.5, 0.6) is 11.5 Å². The lowest BCUT2D eigenvalue weighted by Crippen LogP contribution is -2.26. The van der Waals surface area contributed by atoms with Gasteiger partial charge in [-0.3, -0.25) is 4.79 Å². The van der Waals surface area contributed by atoms with Crippen LogP contribution in [0.15, 0.2) is 42.2 Å². The predicted molar refractivity (Wildman–Crippen MR) is 102 cm³/mol. The number of rotatable bonds is 5. The van der Waals surface area contributed by atoms with Gasteiger partial charge in [0, 0.05) is 5.56 Å². The maximum Gasteiger partial charge on any atom is 0.347 e. The summed E-state index contributed by atoms with van der Waals surface area (Å²) in [4.78, 5) is 24.5. The highest BCUT2D eigenvalue weighted by Gasteiger charge is 2.31. The summed E-state index contributed by atoms with van der Waals surface area (Å²) in [5.74, 6) is 0.626. The zero-order valence-corrected chi connectivity index (χ0v) is 15.9. The molecule has 1 heterocycles. The number of benzene rings is 2. The van der Waals surface area contributed by atoms with Gasteiger partial charge in [0.05, 0.1) is 12.2 Å². The van der Waals surface area contributed by atoms with E-state index in [-0.39, 0.29) is 11.5 Å². The number of carbonyl (C=O) groups is 2. The van der Waals surface area contributed by atoms with E-state index in [0.717, 1.165) is 11.1 Å². The molecule has 0 aromatic heterocycles. The number of carbonyl (C=O) groups excluding carboxylic acids is 2. The Morgan fingerprint density at radius 3 is 2.63 bits per heavy atom. The molecule has 1 unspecified atom stereocenters. The molecule has 0 saturated carbocycles. The molecule has 0 bridgehead atoms. The van der Waals surface area contributed by atoms with E-state index in [1.54, 1.807) is 39.0 Å². The molecular weight excluding hydrogens is 344 g/mol. The molecule has 27 heavy (non-hydrogen) atoms. The van der Waals surface area contributed by atoms with Crippen LogP contribution in [-0.4, -0.2) is 24.5 Å². The van der Waals surface area contributed by atoms with Crippen LogP contribution in [-0.2, 0) is 9.53 Å². The summed E-state index contributed by atoms with van der Waals surface area (Å²) in [6.07, 6.45) is 1.000. The van der Waals surface area contributed by atoms with Crippen LogP contribution in [0.2, 0.25) is 0 Å². The maximum atomic E-state index is 12.7. The average molecular weight is 366 g/mol. The number of Topliss-reactive ketones (excluding diaryl/α,β-unsaturated/α-hetero) is 1. The van der Waals surface area contributed by atoms with Crippen LogP contribution in [0, 0.1) is 13.8 Å². The number of hydrogen-bond donors (Lipinski definition) is 0. The van der Waals surface area contributed by atoms with Crippen molar-refractivity contribution < 1.29 is 23.8 Å². The third kappa shape index (κ3) is 3.72. The van der Waals surface area contributed by atoms with Gasteiger partial charge in [-0.25, -0.2) is 4.79 Å². The molecule has 2 aromatic carbocycles. The number of fused-ring (bicyclic) bond motifs is 1. The van der Waals surface area contributed by atoms with E-state index in [9.17, 15) is 9.59 Å². The van der Waals surface area contributed by atoms with Gasteiger partial charge in [-0.05, 0) is 57.0 Å². The Balaban J connectivity index is 1.88. The molecule has 0 fully saturated rings. The Kier molecular flexibility index (Phi) is 5.31. The molecule has 0 saturated heterocycles. The fourth-order valence-corrected chi connectivity index (χ4v) is 2.88. The highest BCUT2D eigenvalue weighted by Crippen LogP contribution is 2.39. The van der Waals surface area contributed by atoms with Crippen LogP contribution in [0.4, 0.5) is 0 Å². The van der Waals surface area contributed by atoms with Gasteiger partial charge >= 0.3 is 5.97 Å². The lowest BCUT2D eigenvalue weighted by Gasteiger charge is -2.16. The third-order valence-corrected chi connectivity index (χ3v) is 4.43. The first-order valence-corrected chi connectivity index (χ1v) is 8.89. The second kappa shape index (κ2) is 7.66. The number of allylic oxidation sites excluding steroid dienone is 1. The minimum absolute atomic E-state index is 0.165. The Bertz CT molecular complexity index is 926. The van der Waals surface area contributed by atoms with Gasteiger partial charge in [-0.1, -0.05) is 24.3 Å². The molecular formula is C22H22O5. The average Bonchev–Trinajstić information content (AvgIpc) is 2.96. The number of ether oxygens (including phenoxy) is 3. The van der Waals surface area contributed by atoms with Crippen molar-refractivity contribution in [3.05, 3.63) is 64.4 Å². The molecule has 5 nitrogen and oxygen atoms in total. The van der Waals surface area contributed by atoms with Gasteiger partial charge < -0.3 is 14.2 Å². The van der Waals surface area contributed by atoms with Gasteiger partial charge in [0.1, 0.15) is 11.5 Å². The Morgan fingerprint density at radius 1 is 1.19 bits per heavy atom. The first-order chi connectivity index (χ1) is 12.9. The highest BCUT2D eigenvalue weighted by molar-refractivity contribution is 6.15. The number of hydrogen-bond acceptors (Lipinski definition) is 5. The van der Waals surface area contributed by atoms with Crippen LogP contribution in [0.3, 0.4) is 0 Å². The van der Waals surface area contributed by atoms with Crippen LogP contribution >= 0.6 is 0 Å². The van der Waals surface area contributed by atoms with Gasteiger partial charge in [-0.15, -0.1) is 0 Å². The lowest BCUT2D eigenvalue weighted by molar-refractivity contribution is -0.150. The van der Waals surface area contributed by atoms with Crippen molar-refractivity contribution in [2.24, 2.45) is 0 Å². The van der Waals surface area contributed by atoms with E-state index < -0.39 is 12.1 Å². The molecule has 0 aliphatic carbocycles. The number of ketones is 1. The highest BCUT2D eigenvalue weighted by atomic mass is 16.6. The van der Waals surface area contributed by atoms with Crippen molar-refractivity contribution in [3.8, 4) is 11.5 Å². The molecule has 0 N–H and O–H groups in total. The van der Waals surface area contributed by atoms with Crippen molar-refractivity contribution >= 4 is 17.8 Å². The quantitative estimate of drug-likeness (QED) is 0.585. The van der Waals surface area contributed by atoms with Crippen molar-refractivity contribution in [2.45, 2.75) is 33.8 Å². The molecule has 1 atom stereocenters. The van der Waals surface area contributed by atoms with E-state index in [1.165, 1.54) is 0 Å². The zero-order valence-electron chi connectivity index (χ0n) is 15.9. The van der Waals surface area contributed by atoms with Crippen molar-refractivity contribution in [1.29, 1.82) is 0 Å². The lowest BCUT2D eigenvalue weighted by atomic mass is 10.0. The summed E-state index contributed by atoms with van der Waals surface area (Å²) in [5.41, 5.74) is 3.15.